The Kier molecular flexibility index (Phi) is 11.7. The van der Waals surface area contributed by atoms with Crippen LogP contribution < -0.4 is 5.32 Å². The van der Waals surface area contributed by atoms with E-state index < -0.39 is 5.60 Å². The fourth-order valence-corrected chi connectivity index (χ4v) is 2.55. The molecule has 1 aromatic carbocycles. The fourth-order valence-electron chi connectivity index (χ4n) is 2.55. The number of nitrogens with one attached hydrogen (secondary N) is 1. The molecule has 5 nitrogen and oxygen atoms in total. The quantitative estimate of drug-likeness (QED) is 0.285. The topological polar surface area (TPSA) is 64.6 Å². The minimum atomic E-state index is -0.461. The average molecular weight is 390 g/mol. The third kappa shape index (κ3) is 13.0. The molecule has 28 heavy (non-hydrogen) atoms. The Morgan fingerprint density at radius 1 is 0.929 bits per heavy atom. The highest BCUT2D eigenvalue weighted by Crippen LogP contribution is 2.09. The van der Waals surface area contributed by atoms with Crippen LogP contribution in [0.2, 0.25) is 0 Å². The van der Waals surface area contributed by atoms with Crippen molar-refractivity contribution in [3.63, 3.8) is 0 Å². The van der Waals surface area contributed by atoms with E-state index in [1.165, 1.54) is 12.8 Å². The lowest BCUT2D eigenvalue weighted by Crippen LogP contribution is -2.32. The number of hydrogen-bond acceptors (Lipinski definition) is 4. The maximum Gasteiger partial charge on any atom is 0.407 e. The van der Waals surface area contributed by atoms with E-state index >= 15 is 0 Å². The molecule has 156 valence electrons. The van der Waals surface area contributed by atoms with E-state index in [1.54, 1.807) is 12.1 Å². The zero-order valence-electron chi connectivity index (χ0n) is 17.5. The number of carbonyl (C=O) groups excluding carboxylic acids is 2. The Bertz CT molecular complexity index is 590. The van der Waals surface area contributed by atoms with Gasteiger partial charge in [-0.1, -0.05) is 56.0 Å². The van der Waals surface area contributed by atoms with Crippen molar-refractivity contribution >= 4 is 12.1 Å². The van der Waals surface area contributed by atoms with Crippen LogP contribution in [0.3, 0.4) is 0 Å². The van der Waals surface area contributed by atoms with Gasteiger partial charge in [-0.05, 0) is 52.2 Å². The summed E-state index contributed by atoms with van der Waals surface area (Å²) in [4.78, 5) is 23.2. The van der Waals surface area contributed by atoms with E-state index in [4.69, 9.17) is 9.47 Å². The number of allylic oxidation sites excluding steroid dienone is 1. The standard InChI is InChI=1S/C23H35NO4/c1-23(2,3)28-22(26)24-18-14-9-7-5-4-6-8-10-15-19-27-21(25)20-16-12-11-13-17-20/h9,11-14,16-17H,4-8,10,15,18-19H2,1-3H3,(H,24,26)/b14-9+. The molecule has 5 heteroatoms. The molecule has 1 amide bonds. The molecule has 1 aromatic rings. The summed E-state index contributed by atoms with van der Waals surface area (Å²) in [5.41, 5.74) is 0.147. The molecular formula is C23H35NO4. The van der Waals surface area contributed by atoms with Crippen molar-refractivity contribution in [3.05, 3.63) is 48.0 Å². The van der Waals surface area contributed by atoms with Crippen molar-refractivity contribution in [1.82, 2.24) is 5.32 Å². The molecule has 0 saturated carbocycles. The Labute approximate surface area is 169 Å². The van der Waals surface area contributed by atoms with Crippen molar-refractivity contribution < 1.29 is 19.1 Å². The second-order valence-electron chi connectivity index (χ2n) is 7.77. The van der Waals surface area contributed by atoms with Gasteiger partial charge >= 0.3 is 12.1 Å². The number of carbonyl (C=O) groups is 2. The highest BCUT2D eigenvalue weighted by Gasteiger charge is 2.14. The number of amides is 1. The number of hydrogen-bond donors (Lipinski definition) is 1. The Hall–Kier alpha value is -2.30. The molecule has 0 aliphatic heterocycles. The van der Waals surface area contributed by atoms with Gasteiger partial charge in [0.2, 0.25) is 0 Å². The molecule has 0 atom stereocenters. The average Bonchev–Trinajstić information content (AvgIpc) is 2.64. The van der Waals surface area contributed by atoms with E-state index in [9.17, 15) is 9.59 Å². The number of ether oxygens (including phenoxy) is 2. The van der Waals surface area contributed by atoms with Gasteiger partial charge in [-0.3, -0.25) is 0 Å². The van der Waals surface area contributed by atoms with Crippen LogP contribution >= 0.6 is 0 Å². The van der Waals surface area contributed by atoms with E-state index in [1.807, 2.05) is 45.0 Å². The maximum absolute atomic E-state index is 11.8. The number of benzene rings is 1. The van der Waals surface area contributed by atoms with Gasteiger partial charge in [0.15, 0.2) is 0 Å². The molecule has 0 saturated heterocycles. The molecule has 0 fully saturated rings. The van der Waals surface area contributed by atoms with Crippen LogP contribution in [-0.2, 0) is 9.47 Å². The van der Waals surface area contributed by atoms with Gasteiger partial charge in [0.1, 0.15) is 5.60 Å². The van der Waals surface area contributed by atoms with Crippen LogP contribution in [0.15, 0.2) is 42.5 Å². The van der Waals surface area contributed by atoms with Gasteiger partial charge in [0, 0.05) is 6.54 Å². The van der Waals surface area contributed by atoms with Gasteiger partial charge in [0.25, 0.3) is 0 Å². The first-order valence-electron chi connectivity index (χ1n) is 10.2. The van der Waals surface area contributed by atoms with E-state index in [0.717, 1.165) is 32.1 Å². The van der Waals surface area contributed by atoms with Crippen LogP contribution in [0.1, 0.15) is 76.1 Å². The summed E-state index contributed by atoms with van der Waals surface area (Å²) in [7, 11) is 0. The number of esters is 1. The molecule has 0 aromatic heterocycles. The molecule has 0 spiro atoms. The first kappa shape index (κ1) is 23.7. The molecule has 0 bridgehead atoms. The summed E-state index contributed by atoms with van der Waals surface area (Å²) in [5.74, 6) is -0.242. The summed E-state index contributed by atoms with van der Waals surface area (Å²) in [6.45, 7) is 6.52. The summed E-state index contributed by atoms with van der Waals surface area (Å²) in [5, 5.41) is 2.70. The lowest BCUT2D eigenvalue weighted by atomic mass is 10.1. The van der Waals surface area contributed by atoms with Crippen molar-refractivity contribution in [1.29, 1.82) is 0 Å². The van der Waals surface area contributed by atoms with Crippen LogP contribution in [0.4, 0.5) is 4.79 Å². The van der Waals surface area contributed by atoms with Crippen LogP contribution in [-0.4, -0.2) is 30.8 Å². The Morgan fingerprint density at radius 3 is 2.25 bits per heavy atom. The normalized spacial score (nSPS) is 11.4. The molecule has 1 rings (SSSR count). The van der Waals surface area contributed by atoms with Gasteiger partial charge < -0.3 is 14.8 Å². The third-order valence-corrected chi connectivity index (χ3v) is 3.94. The van der Waals surface area contributed by atoms with E-state index in [0.29, 0.717) is 18.7 Å². The summed E-state index contributed by atoms with van der Waals surface area (Å²) in [6, 6.07) is 9.09. The van der Waals surface area contributed by atoms with Gasteiger partial charge in [-0.15, -0.1) is 0 Å². The Balaban J connectivity index is 1.89. The number of alkyl carbamates (subject to hydrolysis) is 1. The minimum absolute atomic E-state index is 0.242. The minimum Gasteiger partial charge on any atom is -0.462 e. The lowest BCUT2D eigenvalue weighted by molar-refractivity contribution is 0.0495. The highest BCUT2D eigenvalue weighted by atomic mass is 16.6. The summed E-state index contributed by atoms with van der Waals surface area (Å²) >= 11 is 0. The monoisotopic (exact) mass is 389 g/mol. The zero-order valence-corrected chi connectivity index (χ0v) is 17.5. The lowest BCUT2D eigenvalue weighted by Gasteiger charge is -2.19. The molecule has 0 radical (unpaired) electrons. The van der Waals surface area contributed by atoms with Crippen LogP contribution in [0, 0.1) is 0 Å². The molecule has 0 heterocycles. The number of unbranched alkanes of at least 4 members (excludes halogenated alkanes) is 6. The summed E-state index contributed by atoms with van der Waals surface area (Å²) in [6.07, 6.45) is 11.4. The second-order valence-corrected chi connectivity index (χ2v) is 7.77. The van der Waals surface area contributed by atoms with Gasteiger partial charge in [-0.2, -0.15) is 0 Å². The Morgan fingerprint density at radius 2 is 1.57 bits per heavy atom. The predicted molar refractivity (Wildman–Crippen MR) is 112 cm³/mol. The van der Waals surface area contributed by atoms with Crippen molar-refractivity contribution in [2.45, 2.75) is 71.3 Å². The van der Waals surface area contributed by atoms with Crippen molar-refractivity contribution in [3.8, 4) is 0 Å². The predicted octanol–water partition coefficient (Wildman–Crippen LogP) is 5.66. The smallest absolute Gasteiger partial charge is 0.407 e. The van der Waals surface area contributed by atoms with E-state index in [-0.39, 0.29) is 12.1 Å². The molecular weight excluding hydrogens is 354 g/mol. The SMILES string of the molecule is CC(C)(C)OC(=O)NC/C=C/CCCCCCCCOC(=O)c1ccccc1. The zero-order chi connectivity index (χ0) is 20.7. The van der Waals surface area contributed by atoms with Crippen LogP contribution in [0.5, 0.6) is 0 Å². The largest absolute Gasteiger partial charge is 0.462 e. The fraction of sp³-hybridized carbons (Fsp3) is 0.565. The maximum atomic E-state index is 11.8. The van der Waals surface area contributed by atoms with Gasteiger partial charge in [0.05, 0.1) is 12.2 Å². The highest BCUT2D eigenvalue weighted by molar-refractivity contribution is 5.89. The third-order valence-electron chi connectivity index (χ3n) is 3.94. The second kappa shape index (κ2) is 13.8. The van der Waals surface area contributed by atoms with E-state index in [2.05, 4.69) is 11.4 Å². The van der Waals surface area contributed by atoms with Crippen molar-refractivity contribution in [2.75, 3.05) is 13.2 Å². The number of rotatable bonds is 12. The van der Waals surface area contributed by atoms with Crippen LogP contribution in [0.25, 0.3) is 0 Å². The molecule has 1 N–H and O–H groups in total. The first-order valence-corrected chi connectivity index (χ1v) is 10.2. The van der Waals surface area contributed by atoms with Crippen molar-refractivity contribution in [2.24, 2.45) is 0 Å². The molecule has 0 aliphatic rings. The first-order chi connectivity index (χ1) is 13.4. The summed E-state index contributed by atoms with van der Waals surface area (Å²) < 4.78 is 10.4. The molecule has 0 aliphatic carbocycles. The molecule has 0 unspecified atom stereocenters. The van der Waals surface area contributed by atoms with Gasteiger partial charge in [-0.25, -0.2) is 9.59 Å².